The average Bonchev–Trinajstić information content (AvgIpc) is 2.60. The van der Waals surface area contributed by atoms with E-state index in [4.69, 9.17) is 0 Å². The van der Waals surface area contributed by atoms with Gasteiger partial charge in [0.05, 0.1) is 11.5 Å². The van der Waals surface area contributed by atoms with Crippen LogP contribution in [0.1, 0.15) is 25.8 Å². The Balaban J connectivity index is 1.92. The third kappa shape index (κ3) is 5.24. The zero-order valence-corrected chi connectivity index (χ0v) is 13.6. The van der Waals surface area contributed by atoms with E-state index in [9.17, 15) is 8.42 Å². The lowest BCUT2D eigenvalue weighted by atomic mass is 10.2. The second kappa shape index (κ2) is 7.17. The molecule has 0 bridgehead atoms. The average molecular weight is 312 g/mol. The fraction of sp³-hybridized carbons (Fsp3) is 0.714. The summed E-state index contributed by atoms with van der Waals surface area (Å²) in [4.78, 5) is 10.7. The summed E-state index contributed by atoms with van der Waals surface area (Å²) in [7, 11) is -2.90. The van der Waals surface area contributed by atoms with Crippen molar-refractivity contribution in [1.29, 1.82) is 0 Å². The summed E-state index contributed by atoms with van der Waals surface area (Å²) in [6.45, 7) is 7.23. The molecule has 1 N–H and O–H groups in total. The topological polar surface area (TPSA) is 75.2 Å². The van der Waals surface area contributed by atoms with Crippen molar-refractivity contribution in [2.45, 2.75) is 26.8 Å². The predicted octanol–water partition coefficient (Wildman–Crippen LogP) is 0.847. The molecule has 0 spiro atoms. The van der Waals surface area contributed by atoms with Crippen molar-refractivity contribution in [3.63, 3.8) is 0 Å². The molecule has 1 aromatic rings. The number of sulfone groups is 1. The maximum Gasteiger partial charge on any atom is 0.225 e. The van der Waals surface area contributed by atoms with Gasteiger partial charge in [-0.1, -0.05) is 13.8 Å². The van der Waals surface area contributed by atoms with Crippen molar-refractivity contribution in [2.75, 3.05) is 36.0 Å². The van der Waals surface area contributed by atoms with Crippen LogP contribution in [-0.4, -0.2) is 49.5 Å². The molecule has 0 atom stereocenters. The predicted molar refractivity (Wildman–Crippen MR) is 84.1 cm³/mol. The molecule has 1 aromatic heterocycles. The second-order valence-electron chi connectivity index (χ2n) is 5.91. The van der Waals surface area contributed by atoms with Crippen LogP contribution in [0.25, 0.3) is 0 Å². The summed E-state index contributed by atoms with van der Waals surface area (Å²) in [6, 6.07) is 0. The highest BCUT2D eigenvalue weighted by molar-refractivity contribution is 7.91. The van der Waals surface area contributed by atoms with Crippen LogP contribution in [0.5, 0.6) is 0 Å². The fourth-order valence-corrected chi connectivity index (χ4v) is 3.52. The van der Waals surface area contributed by atoms with Crippen LogP contribution in [0.3, 0.4) is 0 Å². The van der Waals surface area contributed by atoms with Gasteiger partial charge in [-0.05, 0) is 18.9 Å². The molecule has 118 valence electrons. The van der Waals surface area contributed by atoms with Gasteiger partial charge in [0.15, 0.2) is 9.84 Å². The standard InChI is InChI=1S/C14H24N4O2S/c1-12(2)8-15-9-13-10-16-14(17-11-13)18-4-3-6-21(19,20)7-5-18/h10-12,15H,3-9H2,1-2H3. The highest BCUT2D eigenvalue weighted by atomic mass is 32.2. The summed E-state index contributed by atoms with van der Waals surface area (Å²) < 4.78 is 23.2. The first-order chi connectivity index (χ1) is 9.96. The van der Waals surface area contributed by atoms with Crippen LogP contribution in [-0.2, 0) is 16.4 Å². The Bertz CT molecular complexity index is 543. The summed E-state index contributed by atoms with van der Waals surface area (Å²) >= 11 is 0. The molecule has 2 heterocycles. The molecular weight excluding hydrogens is 288 g/mol. The van der Waals surface area contributed by atoms with Crippen molar-refractivity contribution < 1.29 is 8.42 Å². The van der Waals surface area contributed by atoms with E-state index in [1.165, 1.54) is 0 Å². The van der Waals surface area contributed by atoms with Gasteiger partial charge < -0.3 is 10.2 Å². The van der Waals surface area contributed by atoms with Crippen LogP contribution in [0, 0.1) is 5.92 Å². The Morgan fingerprint density at radius 3 is 2.62 bits per heavy atom. The van der Waals surface area contributed by atoms with E-state index >= 15 is 0 Å². The molecule has 0 saturated carbocycles. The van der Waals surface area contributed by atoms with Gasteiger partial charge in [0.2, 0.25) is 5.95 Å². The van der Waals surface area contributed by atoms with Gasteiger partial charge in [-0.3, -0.25) is 0 Å². The minimum absolute atomic E-state index is 0.189. The van der Waals surface area contributed by atoms with Gasteiger partial charge >= 0.3 is 0 Å². The van der Waals surface area contributed by atoms with Crippen molar-refractivity contribution >= 4 is 15.8 Å². The van der Waals surface area contributed by atoms with Crippen LogP contribution >= 0.6 is 0 Å². The van der Waals surface area contributed by atoms with Gasteiger partial charge in [-0.25, -0.2) is 18.4 Å². The van der Waals surface area contributed by atoms with Gasteiger partial charge in [0.25, 0.3) is 0 Å². The van der Waals surface area contributed by atoms with Gasteiger partial charge in [-0.15, -0.1) is 0 Å². The monoisotopic (exact) mass is 312 g/mol. The van der Waals surface area contributed by atoms with Crippen molar-refractivity contribution in [2.24, 2.45) is 5.92 Å². The number of aromatic nitrogens is 2. The molecule has 21 heavy (non-hydrogen) atoms. The molecule has 1 fully saturated rings. The van der Waals surface area contributed by atoms with Crippen LogP contribution in [0.2, 0.25) is 0 Å². The Labute approximate surface area is 126 Å². The normalized spacial score (nSPS) is 18.7. The SMILES string of the molecule is CC(C)CNCc1cnc(N2CCCS(=O)(=O)CC2)nc1. The van der Waals surface area contributed by atoms with Crippen LogP contribution in [0.4, 0.5) is 5.95 Å². The van der Waals surface area contributed by atoms with E-state index in [0.29, 0.717) is 31.4 Å². The van der Waals surface area contributed by atoms with E-state index in [1.807, 2.05) is 17.3 Å². The zero-order valence-electron chi connectivity index (χ0n) is 12.7. The maximum atomic E-state index is 11.6. The van der Waals surface area contributed by atoms with Crippen molar-refractivity contribution in [3.8, 4) is 0 Å². The first-order valence-corrected chi connectivity index (χ1v) is 9.25. The molecule has 1 aliphatic rings. The fourth-order valence-electron chi connectivity index (χ4n) is 2.25. The molecule has 0 aromatic carbocycles. The highest BCUT2D eigenvalue weighted by Crippen LogP contribution is 2.12. The number of anilines is 1. The van der Waals surface area contributed by atoms with E-state index in [1.54, 1.807) is 0 Å². The maximum absolute atomic E-state index is 11.6. The lowest BCUT2D eigenvalue weighted by Crippen LogP contribution is -2.28. The smallest absolute Gasteiger partial charge is 0.225 e. The van der Waals surface area contributed by atoms with Gasteiger partial charge in [-0.2, -0.15) is 0 Å². The minimum atomic E-state index is -2.90. The molecule has 1 saturated heterocycles. The Kier molecular flexibility index (Phi) is 5.52. The number of nitrogens with one attached hydrogen (secondary N) is 1. The third-order valence-electron chi connectivity index (χ3n) is 3.41. The summed E-state index contributed by atoms with van der Waals surface area (Å²) in [5.74, 6) is 1.69. The number of hydrogen-bond acceptors (Lipinski definition) is 6. The van der Waals surface area contributed by atoms with E-state index in [-0.39, 0.29) is 11.5 Å². The van der Waals surface area contributed by atoms with Crippen molar-refractivity contribution in [3.05, 3.63) is 18.0 Å². The van der Waals surface area contributed by atoms with Gasteiger partial charge in [0.1, 0.15) is 0 Å². The summed E-state index contributed by atoms with van der Waals surface area (Å²) in [5.41, 5.74) is 1.04. The van der Waals surface area contributed by atoms with E-state index < -0.39 is 9.84 Å². The lowest BCUT2D eigenvalue weighted by Gasteiger charge is -2.19. The zero-order chi connectivity index (χ0) is 15.3. The van der Waals surface area contributed by atoms with E-state index in [2.05, 4.69) is 29.1 Å². The second-order valence-corrected chi connectivity index (χ2v) is 8.21. The number of nitrogens with zero attached hydrogens (tertiary/aromatic N) is 3. The Hall–Kier alpha value is -1.21. The molecule has 7 heteroatoms. The quantitative estimate of drug-likeness (QED) is 0.868. The minimum Gasteiger partial charge on any atom is -0.340 e. The van der Waals surface area contributed by atoms with Crippen LogP contribution in [0.15, 0.2) is 12.4 Å². The van der Waals surface area contributed by atoms with Gasteiger partial charge in [0, 0.05) is 37.6 Å². The molecule has 0 amide bonds. The first-order valence-electron chi connectivity index (χ1n) is 7.43. The molecule has 0 radical (unpaired) electrons. The van der Waals surface area contributed by atoms with Crippen molar-refractivity contribution in [1.82, 2.24) is 15.3 Å². The number of rotatable bonds is 5. The third-order valence-corrected chi connectivity index (χ3v) is 5.13. The first kappa shape index (κ1) is 16.2. The van der Waals surface area contributed by atoms with E-state index in [0.717, 1.165) is 18.7 Å². The molecule has 0 aliphatic carbocycles. The molecule has 2 rings (SSSR count). The molecular formula is C14H24N4O2S. The highest BCUT2D eigenvalue weighted by Gasteiger charge is 2.20. The lowest BCUT2D eigenvalue weighted by molar-refractivity contribution is 0.551. The largest absolute Gasteiger partial charge is 0.340 e. The molecule has 1 aliphatic heterocycles. The molecule has 0 unspecified atom stereocenters. The number of hydrogen-bond donors (Lipinski definition) is 1. The summed E-state index contributed by atoms with van der Waals surface area (Å²) in [6.07, 6.45) is 4.27. The Morgan fingerprint density at radius 2 is 1.95 bits per heavy atom. The molecule has 6 nitrogen and oxygen atoms in total. The summed E-state index contributed by atoms with van der Waals surface area (Å²) in [5, 5.41) is 3.35. The van der Waals surface area contributed by atoms with Crippen LogP contribution < -0.4 is 10.2 Å². The Morgan fingerprint density at radius 1 is 1.24 bits per heavy atom.